The van der Waals surface area contributed by atoms with Crippen LogP contribution >= 0.6 is 0 Å². The second kappa shape index (κ2) is 16.6. The monoisotopic (exact) mass is 806 g/mol. The smallest absolute Gasteiger partial charge is 0.189 e. The third-order valence-electron chi connectivity index (χ3n) is 13.7. The lowest BCUT2D eigenvalue weighted by Gasteiger charge is -2.33. The summed E-state index contributed by atoms with van der Waals surface area (Å²) in [5.74, 6) is -0.0164. The highest BCUT2D eigenvalue weighted by molar-refractivity contribution is 5.87. The number of carbonyl (C=O) groups is 1. The van der Waals surface area contributed by atoms with Crippen LogP contribution in [0.15, 0.2) is 61.2 Å². The van der Waals surface area contributed by atoms with Gasteiger partial charge in [0.25, 0.3) is 0 Å². The summed E-state index contributed by atoms with van der Waals surface area (Å²) in [6.45, 7) is 14.3. The summed E-state index contributed by atoms with van der Waals surface area (Å²) in [7, 11) is 0. The molecule has 10 rings (SSSR count). The predicted octanol–water partition coefficient (Wildman–Crippen LogP) is 7.95. The molecule has 0 radical (unpaired) electrons. The number of nitrogens with zero attached hydrogens (tertiary/aromatic N) is 4. The molecule has 11 heteroatoms. The molecule has 6 aromatic rings. The van der Waals surface area contributed by atoms with Gasteiger partial charge in [-0.3, -0.25) is 14.6 Å². The molecule has 11 nitrogen and oxygen atoms in total. The Hall–Kier alpha value is -4.75. The standard InChI is InChI=1S/C49H58N8O3/c1-29-21-52-48-39(29)19-37(23-54-48)35-15-33-9-13-56(25-43(33)41(17-35)45-7-5-11-50-45)27-59-31(3)47(58)32(4)60-28-57-14-10-34-16-36(18-42(44(34)26-57)46-8-6-12-51-46)38-20-40-30(2)22-53-49(40)55-24-38/h15-24,31-32,45-46,50-51H,5-14,25-28H2,1-4H3,(H,52,54)(H,53,55)/t31-,32-,45?,46?/m0/s1. The van der Waals surface area contributed by atoms with Gasteiger partial charge >= 0.3 is 0 Å². The van der Waals surface area contributed by atoms with E-state index >= 15 is 0 Å². The molecule has 4 aliphatic heterocycles. The molecule has 2 saturated heterocycles. The lowest BCUT2D eigenvalue weighted by atomic mass is 9.87. The van der Waals surface area contributed by atoms with Gasteiger partial charge in [-0.1, -0.05) is 12.1 Å². The van der Waals surface area contributed by atoms with Crippen molar-refractivity contribution in [2.24, 2.45) is 0 Å². The zero-order chi connectivity index (χ0) is 40.9. The van der Waals surface area contributed by atoms with E-state index in [-0.39, 0.29) is 5.78 Å². The Balaban J connectivity index is 0.771. The fourth-order valence-corrected chi connectivity index (χ4v) is 10.1. The number of ketones is 1. The van der Waals surface area contributed by atoms with Crippen molar-refractivity contribution in [3.63, 3.8) is 0 Å². The van der Waals surface area contributed by atoms with Gasteiger partial charge < -0.3 is 30.1 Å². The topological polar surface area (TPSA) is 123 Å². The quantitative estimate of drug-likeness (QED) is 0.0976. The number of H-pyrrole nitrogens is 2. The summed E-state index contributed by atoms with van der Waals surface area (Å²) in [5, 5.41) is 9.86. The predicted molar refractivity (Wildman–Crippen MR) is 237 cm³/mol. The highest BCUT2D eigenvalue weighted by Gasteiger charge is 2.30. The van der Waals surface area contributed by atoms with Crippen LogP contribution in [0.2, 0.25) is 0 Å². The van der Waals surface area contributed by atoms with Crippen LogP contribution in [-0.4, -0.2) is 87.4 Å². The molecule has 60 heavy (non-hydrogen) atoms. The minimum absolute atomic E-state index is 0.0164. The van der Waals surface area contributed by atoms with Gasteiger partial charge in [0, 0.05) is 84.9 Å². The van der Waals surface area contributed by atoms with Gasteiger partial charge in [-0.25, -0.2) is 9.97 Å². The van der Waals surface area contributed by atoms with E-state index in [1.807, 2.05) is 38.6 Å². The molecule has 2 aromatic carbocycles. The van der Waals surface area contributed by atoms with Crippen LogP contribution < -0.4 is 10.6 Å². The van der Waals surface area contributed by atoms with Crippen molar-refractivity contribution < 1.29 is 14.3 Å². The summed E-state index contributed by atoms with van der Waals surface area (Å²) < 4.78 is 12.6. The van der Waals surface area contributed by atoms with E-state index in [0.717, 1.165) is 87.4 Å². The number of Topliss-reactive ketones (excluding diaryl/α,β-unsaturated/α-hetero) is 1. The van der Waals surface area contributed by atoms with E-state index in [0.29, 0.717) is 25.5 Å². The van der Waals surface area contributed by atoms with E-state index < -0.39 is 12.2 Å². The fourth-order valence-electron chi connectivity index (χ4n) is 10.1. The summed E-state index contributed by atoms with van der Waals surface area (Å²) in [5.41, 5.74) is 17.4. The number of aromatic amines is 2. The minimum Gasteiger partial charge on any atom is -0.355 e. The van der Waals surface area contributed by atoms with Crippen LogP contribution in [0, 0.1) is 13.8 Å². The first-order chi connectivity index (χ1) is 29.3. The molecule has 2 unspecified atom stereocenters. The molecule has 0 aliphatic carbocycles. The van der Waals surface area contributed by atoms with E-state index in [4.69, 9.17) is 19.4 Å². The molecule has 312 valence electrons. The number of aryl methyl sites for hydroxylation is 2. The lowest BCUT2D eigenvalue weighted by Crippen LogP contribution is -2.40. The second-order valence-corrected chi connectivity index (χ2v) is 17.8. The molecule has 2 fully saturated rings. The number of aromatic nitrogens is 4. The number of rotatable bonds is 12. The molecular weight excluding hydrogens is 749 g/mol. The molecular formula is C49H58N8O3. The number of carbonyl (C=O) groups excluding carboxylic acids is 1. The average Bonchev–Trinajstić information content (AvgIpc) is 4.13. The highest BCUT2D eigenvalue weighted by Crippen LogP contribution is 2.38. The normalized spacial score (nSPS) is 20.8. The van der Waals surface area contributed by atoms with Gasteiger partial charge in [-0.2, -0.15) is 0 Å². The molecule has 0 bridgehead atoms. The second-order valence-electron chi connectivity index (χ2n) is 17.8. The molecule has 0 spiro atoms. The van der Waals surface area contributed by atoms with Crippen molar-refractivity contribution in [2.45, 2.75) is 104 Å². The van der Waals surface area contributed by atoms with E-state index in [1.54, 1.807) is 0 Å². The van der Waals surface area contributed by atoms with Crippen molar-refractivity contribution in [2.75, 3.05) is 39.6 Å². The molecule has 4 aromatic heterocycles. The third-order valence-corrected chi connectivity index (χ3v) is 13.7. The highest BCUT2D eigenvalue weighted by atomic mass is 16.5. The molecule has 8 heterocycles. The van der Waals surface area contributed by atoms with Crippen LogP contribution in [-0.2, 0) is 40.2 Å². The van der Waals surface area contributed by atoms with E-state index in [9.17, 15) is 4.79 Å². The van der Waals surface area contributed by atoms with Crippen LogP contribution in [0.25, 0.3) is 44.3 Å². The molecule has 4 atom stereocenters. The maximum atomic E-state index is 13.6. The molecule has 0 amide bonds. The van der Waals surface area contributed by atoms with Crippen LogP contribution in [0.3, 0.4) is 0 Å². The van der Waals surface area contributed by atoms with Gasteiger partial charge in [0.15, 0.2) is 5.78 Å². The van der Waals surface area contributed by atoms with Crippen molar-refractivity contribution in [3.8, 4) is 22.3 Å². The van der Waals surface area contributed by atoms with Gasteiger partial charge in [0.2, 0.25) is 0 Å². The first-order valence-corrected chi connectivity index (χ1v) is 22.1. The van der Waals surface area contributed by atoms with Crippen LogP contribution in [0.4, 0.5) is 0 Å². The minimum atomic E-state index is -0.566. The third kappa shape index (κ3) is 7.72. The Morgan fingerprint density at radius 3 is 1.58 bits per heavy atom. The number of ether oxygens (including phenoxy) is 2. The summed E-state index contributed by atoms with van der Waals surface area (Å²) in [6, 6.07) is 14.7. The average molecular weight is 807 g/mol. The largest absolute Gasteiger partial charge is 0.355 e. The Bertz CT molecular complexity index is 2370. The van der Waals surface area contributed by atoms with Crippen molar-refractivity contribution in [1.82, 2.24) is 40.4 Å². The van der Waals surface area contributed by atoms with Crippen molar-refractivity contribution in [3.05, 3.63) is 106 Å². The van der Waals surface area contributed by atoms with Gasteiger partial charge in [-0.05, 0) is 159 Å². The Labute approximate surface area is 352 Å². The number of pyridine rings is 2. The Morgan fingerprint density at radius 1 is 0.683 bits per heavy atom. The van der Waals surface area contributed by atoms with Crippen molar-refractivity contribution >= 4 is 27.9 Å². The molecule has 4 aliphatic rings. The van der Waals surface area contributed by atoms with Gasteiger partial charge in [0.05, 0.1) is 0 Å². The Kier molecular flexibility index (Phi) is 10.9. The lowest BCUT2D eigenvalue weighted by molar-refractivity contribution is -0.147. The van der Waals surface area contributed by atoms with E-state index in [1.165, 1.54) is 79.2 Å². The Morgan fingerprint density at radius 2 is 1.15 bits per heavy atom. The zero-order valence-corrected chi connectivity index (χ0v) is 35.5. The number of hydrogen-bond donors (Lipinski definition) is 4. The first-order valence-electron chi connectivity index (χ1n) is 22.1. The maximum absolute atomic E-state index is 13.6. The molecule has 4 N–H and O–H groups in total. The zero-order valence-electron chi connectivity index (χ0n) is 35.5. The molecule has 0 saturated carbocycles. The maximum Gasteiger partial charge on any atom is 0.189 e. The van der Waals surface area contributed by atoms with E-state index in [2.05, 4.69) is 80.6 Å². The first kappa shape index (κ1) is 39.4. The van der Waals surface area contributed by atoms with Crippen LogP contribution in [0.5, 0.6) is 0 Å². The number of fused-ring (bicyclic) bond motifs is 4. The van der Waals surface area contributed by atoms with Gasteiger partial charge in [-0.15, -0.1) is 0 Å². The summed E-state index contributed by atoms with van der Waals surface area (Å²) in [4.78, 5) is 34.4. The SMILES string of the molecule is Cc1c[nH]c2ncc(-c3cc4c(c(C5CCCN5)c3)CN(CO[C@@H](C)C(=O)[C@H](C)OCN3CCc5cc(-c6cnc7[nH]cc(C)c7c6)cc(C6CCCN6)c5C3)CC4)cc12. The summed E-state index contributed by atoms with van der Waals surface area (Å²) in [6.07, 6.45) is 13.4. The summed E-state index contributed by atoms with van der Waals surface area (Å²) >= 11 is 0. The number of hydrogen-bond acceptors (Lipinski definition) is 9. The van der Waals surface area contributed by atoms with Crippen LogP contribution in [0.1, 0.15) is 96.1 Å². The van der Waals surface area contributed by atoms with Gasteiger partial charge in [0.1, 0.15) is 37.0 Å². The number of benzene rings is 2. The number of nitrogens with one attached hydrogen (secondary N) is 4. The fraction of sp³-hybridized carbons (Fsp3) is 0.449. The van der Waals surface area contributed by atoms with Crippen molar-refractivity contribution in [1.29, 1.82) is 0 Å².